The van der Waals surface area contributed by atoms with Crippen LogP contribution in [0.1, 0.15) is 11.4 Å². The molecule has 146 valence electrons. The molecule has 0 saturated carbocycles. The van der Waals surface area contributed by atoms with Crippen molar-refractivity contribution in [1.29, 1.82) is 0 Å². The summed E-state index contributed by atoms with van der Waals surface area (Å²) < 4.78 is 13.2. The summed E-state index contributed by atoms with van der Waals surface area (Å²) in [4.78, 5) is 22.5. The zero-order valence-electron chi connectivity index (χ0n) is 15.8. The lowest BCUT2D eigenvalue weighted by Gasteiger charge is -2.23. The van der Waals surface area contributed by atoms with Crippen LogP contribution in [0.2, 0.25) is 0 Å². The summed E-state index contributed by atoms with van der Waals surface area (Å²) in [6, 6.07) is 23.1. The first-order valence-electron chi connectivity index (χ1n) is 9.46. The van der Waals surface area contributed by atoms with Gasteiger partial charge in [0, 0.05) is 25.2 Å². The fourth-order valence-corrected chi connectivity index (χ4v) is 3.15. The van der Waals surface area contributed by atoms with E-state index in [1.165, 1.54) is 12.1 Å². The normalized spacial score (nSPS) is 10.8. The molecular formula is C23H21FN4O. The van der Waals surface area contributed by atoms with Crippen molar-refractivity contribution >= 4 is 22.8 Å². The number of hydrogen-bond donors (Lipinski definition) is 2. The third kappa shape index (κ3) is 4.79. The van der Waals surface area contributed by atoms with Crippen LogP contribution in [-0.4, -0.2) is 27.4 Å². The highest BCUT2D eigenvalue weighted by molar-refractivity contribution is 5.89. The van der Waals surface area contributed by atoms with E-state index in [0.29, 0.717) is 19.5 Å². The molecule has 0 fully saturated rings. The molecular weight excluding hydrogens is 367 g/mol. The summed E-state index contributed by atoms with van der Waals surface area (Å²) in [7, 11) is 0. The lowest BCUT2D eigenvalue weighted by Crippen LogP contribution is -2.36. The highest BCUT2D eigenvalue weighted by atomic mass is 19.1. The second kappa shape index (κ2) is 8.56. The number of H-pyrrole nitrogens is 1. The van der Waals surface area contributed by atoms with Gasteiger partial charge in [-0.05, 0) is 42.0 Å². The van der Waals surface area contributed by atoms with E-state index >= 15 is 0 Å². The zero-order valence-corrected chi connectivity index (χ0v) is 15.8. The highest BCUT2D eigenvalue weighted by Gasteiger charge is 2.15. The van der Waals surface area contributed by atoms with Gasteiger partial charge in [-0.25, -0.2) is 14.2 Å². The molecule has 0 saturated heterocycles. The van der Waals surface area contributed by atoms with Crippen molar-refractivity contribution in [1.82, 2.24) is 14.9 Å². The van der Waals surface area contributed by atoms with Crippen LogP contribution in [0.15, 0.2) is 78.9 Å². The number of aromatic amines is 1. The molecule has 3 aromatic carbocycles. The number of hydrogen-bond acceptors (Lipinski definition) is 2. The van der Waals surface area contributed by atoms with E-state index in [-0.39, 0.29) is 11.8 Å². The Bertz CT molecular complexity index is 1060. The van der Waals surface area contributed by atoms with Crippen molar-refractivity contribution in [2.45, 2.75) is 13.0 Å². The smallest absolute Gasteiger partial charge is 0.322 e. The summed E-state index contributed by atoms with van der Waals surface area (Å²) in [5.74, 6) is 0.527. The molecule has 29 heavy (non-hydrogen) atoms. The molecule has 0 radical (unpaired) electrons. The van der Waals surface area contributed by atoms with E-state index in [1.807, 2.05) is 54.6 Å². The third-order valence-corrected chi connectivity index (χ3v) is 4.66. The van der Waals surface area contributed by atoms with E-state index in [9.17, 15) is 9.18 Å². The van der Waals surface area contributed by atoms with Crippen LogP contribution < -0.4 is 5.32 Å². The average Bonchev–Trinajstić information content (AvgIpc) is 3.16. The van der Waals surface area contributed by atoms with E-state index in [4.69, 9.17) is 0 Å². The maximum absolute atomic E-state index is 13.2. The van der Waals surface area contributed by atoms with Crippen LogP contribution in [0, 0.1) is 5.82 Å². The van der Waals surface area contributed by atoms with Crippen LogP contribution in [0.3, 0.4) is 0 Å². The average molecular weight is 388 g/mol. The second-order valence-corrected chi connectivity index (χ2v) is 6.79. The van der Waals surface area contributed by atoms with Crippen LogP contribution in [0.4, 0.5) is 14.9 Å². The topological polar surface area (TPSA) is 61.0 Å². The van der Waals surface area contributed by atoms with E-state index in [2.05, 4.69) is 15.3 Å². The molecule has 4 rings (SSSR count). The SMILES string of the molecule is O=C(Nc1ccccc1)N(CCc1nc2ccccc2[nH]1)Cc1ccc(F)cc1. The minimum absolute atomic E-state index is 0.211. The summed E-state index contributed by atoms with van der Waals surface area (Å²) in [6.07, 6.45) is 0.581. The van der Waals surface area contributed by atoms with Crippen LogP contribution in [0.25, 0.3) is 11.0 Å². The Morgan fingerprint density at radius 1 is 0.966 bits per heavy atom. The van der Waals surface area contributed by atoms with E-state index in [0.717, 1.165) is 28.1 Å². The van der Waals surface area contributed by atoms with Gasteiger partial charge in [0.15, 0.2) is 0 Å². The van der Waals surface area contributed by atoms with Gasteiger partial charge < -0.3 is 15.2 Å². The lowest BCUT2D eigenvalue weighted by atomic mass is 10.2. The number of halogens is 1. The van der Waals surface area contributed by atoms with Gasteiger partial charge in [-0.1, -0.05) is 42.5 Å². The van der Waals surface area contributed by atoms with Crippen molar-refractivity contribution in [3.63, 3.8) is 0 Å². The maximum atomic E-state index is 13.2. The molecule has 4 aromatic rings. The van der Waals surface area contributed by atoms with Crippen LogP contribution >= 0.6 is 0 Å². The van der Waals surface area contributed by atoms with Gasteiger partial charge in [-0.3, -0.25) is 0 Å². The Kier molecular flexibility index (Phi) is 5.52. The highest BCUT2D eigenvalue weighted by Crippen LogP contribution is 2.14. The molecule has 1 heterocycles. The lowest BCUT2D eigenvalue weighted by molar-refractivity contribution is 0.209. The zero-order chi connectivity index (χ0) is 20.1. The molecule has 0 bridgehead atoms. The summed E-state index contributed by atoms with van der Waals surface area (Å²) in [5.41, 5.74) is 3.47. The molecule has 0 aliphatic rings. The molecule has 0 aliphatic carbocycles. The number of fused-ring (bicyclic) bond motifs is 1. The van der Waals surface area contributed by atoms with Gasteiger partial charge in [-0.2, -0.15) is 0 Å². The molecule has 0 aliphatic heterocycles. The quantitative estimate of drug-likeness (QED) is 0.489. The molecule has 2 N–H and O–H groups in total. The van der Waals surface area contributed by atoms with Crippen molar-refractivity contribution < 1.29 is 9.18 Å². The van der Waals surface area contributed by atoms with Gasteiger partial charge in [-0.15, -0.1) is 0 Å². The van der Waals surface area contributed by atoms with Crippen molar-refractivity contribution in [3.8, 4) is 0 Å². The van der Waals surface area contributed by atoms with Crippen molar-refractivity contribution in [2.75, 3.05) is 11.9 Å². The molecule has 2 amide bonds. The van der Waals surface area contributed by atoms with E-state index < -0.39 is 0 Å². The predicted octanol–water partition coefficient (Wildman–Crippen LogP) is 4.98. The number of carbonyl (C=O) groups excluding carboxylic acids is 1. The second-order valence-electron chi connectivity index (χ2n) is 6.79. The number of anilines is 1. The minimum Gasteiger partial charge on any atom is -0.342 e. The Morgan fingerprint density at radius 2 is 1.69 bits per heavy atom. The number of imidazole rings is 1. The first kappa shape index (κ1) is 18.7. The number of carbonyl (C=O) groups is 1. The van der Waals surface area contributed by atoms with Gasteiger partial charge in [0.2, 0.25) is 0 Å². The van der Waals surface area contributed by atoms with Gasteiger partial charge in [0.25, 0.3) is 0 Å². The van der Waals surface area contributed by atoms with Crippen molar-refractivity contribution in [2.24, 2.45) is 0 Å². The van der Waals surface area contributed by atoms with Crippen molar-refractivity contribution in [3.05, 3.63) is 96.1 Å². The largest absolute Gasteiger partial charge is 0.342 e. The number of nitrogens with zero attached hydrogens (tertiary/aromatic N) is 2. The third-order valence-electron chi connectivity index (χ3n) is 4.66. The molecule has 0 unspecified atom stereocenters. The van der Waals surface area contributed by atoms with Gasteiger partial charge >= 0.3 is 6.03 Å². The summed E-state index contributed by atoms with van der Waals surface area (Å²) >= 11 is 0. The predicted molar refractivity (Wildman–Crippen MR) is 112 cm³/mol. The first-order valence-corrected chi connectivity index (χ1v) is 9.46. The first-order chi connectivity index (χ1) is 14.2. The maximum Gasteiger partial charge on any atom is 0.322 e. The fourth-order valence-electron chi connectivity index (χ4n) is 3.15. The monoisotopic (exact) mass is 388 g/mol. The Hall–Kier alpha value is -3.67. The number of benzene rings is 3. The van der Waals surface area contributed by atoms with E-state index in [1.54, 1.807) is 17.0 Å². The molecule has 1 aromatic heterocycles. The summed E-state index contributed by atoms with van der Waals surface area (Å²) in [5, 5.41) is 2.92. The fraction of sp³-hybridized carbons (Fsp3) is 0.130. The number of urea groups is 1. The van der Waals surface area contributed by atoms with Crippen LogP contribution in [0.5, 0.6) is 0 Å². The van der Waals surface area contributed by atoms with Crippen LogP contribution in [-0.2, 0) is 13.0 Å². The molecule has 0 spiro atoms. The number of para-hydroxylation sites is 3. The van der Waals surface area contributed by atoms with Gasteiger partial charge in [0.1, 0.15) is 11.6 Å². The molecule has 0 atom stereocenters. The van der Waals surface area contributed by atoms with Gasteiger partial charge in [0.05, 0.1) is 11.0 Å². The Morgan fingerprint density at radius 3 is 2.45 bits per heavy atom. The molecule has 5 nitrogen and oxygen atoms in total. The minimum atomic E-state index is -0.295. The Balaban J connectivity index is 1.49. The number of rotatable bonds is 6. The number of amides is 2. The molecule has 6 heteroatoms. The standard InChI is InChI=1S/C23H21FN4O/c24-18-12-10-17(11-13-18)16-28(23(29)25-19-6-2-1-3-7-19)15-14-22-26-20-8-4-5-9-21(20)27-22/h1-13H,14-16H2,(H,25,29)(H,26,27). The Labute approximate surface area is 168 Å². The summed E-state index contributed by atoms with van der Waals surface area (Å²) in [6.45, 7) is 0.842. The number of nitrogens with one attached hydrogen (secondary N) is 2. The number of aromatic nitrogens is 2.